The topological polar surface area (TPSA) is 46.5 Å². The molecule has 1 atom stereocenters. The number of carboxylic acid groups (broad SMARTS) is 1. The van der Waals surface area contributed by atoms with E-state index in [0.717, 1.165) is 13.0 Å². The van der Waals surface area contributed by atoms with Crippen molar-refractivity contribution in [2.45, 2.75) is 84.5 Å². The Morgan fingerprint density at radius 2 is 1.40 bits per heavy atom. The normalized spacial score (nSPS) is 12.5. The smallest absolute Gasteiger partial charge is 0.306 e. The Balaban J connectivity index is 3.04. The highest BCUT2D eigenvalue weighted by Gasteiger charge is 2.09. The fraction of sp³-hybridized carbons (Fsp3) is 0.941. The Bertz CT molecular complexity index is 216. The summed E-state index contributed by atoms with van der Waals surface area (Å²) in [5, 5.41) is 8.72. The first kappa shape index (κ1) is 19.4. The molecule has 3 heteroatoms. The van der Waals surface area contributed by atoms with Crippen LogP contribution in [0.1, 0.15) is 84.5 Å². The molecule has 0 fully saturated rings. The Labute approximate surface area is 125 Å². The molecule has 0 heterocycles. The average molecular weight is 286 g/mol. The largest absolute Gasteiger partial charge is 0.481 e. The zero-order valence-corrected chi connectivity index (χ0v) is 13.5. The standard InChI is InChI=1S/C17H34O3/c1-3-4-5-6-7-8-9-10-11-12-14-20-15-13-16(2)17(18)19/h16H,3-15H2,1-2H3,(H,18,19). The van der Waals surface area contributed by atoms with Gasteiger partial charge in [0.2, 0.25) is 0 Å². The second kappa shape index (κ2) is 14.8. The number of rotatable bonds is 15. The fourth-order valence-electron chi connectivity index (χ4n) is 2.18. The number of hydrogen-bond donors (Lipinski definition) is 1. The molecule has 0 radical (unpaired) electrons. The van der Waals surface area contributed by atoms with Crippen LogP contribution in [0.3, 0.4) is 0 Å². The fourth-order valence-corrected chi connectivity index (χ4v) is 2.18. The van der Waals surface area contributed by atoms with E-state index < -0.39 is 5.97 Å². The Morgan fingerprint density at radius 3 is 1.90 bits per heavy atom. The Hall–Kier alpha value is -0.570. The first-order valence-corrected chi connectivity index (χ1v) is 8.49. The summed E-state index contributed by atoms with van der Waals surface area (Å²) in [5.41, 5.74) is 0. The van der Waals surface area contributed by atoms with E-state index in [1.807, 2.05) is 0 Å². The van der Waals surface area contributed by atoms with Crippen molar-refractivity contribution in [3.63, 3.8) is 0 Å². The van der Waals surface area contributed by atoms with Gasteiger partial charge in [0.05, 0.1) is 5.92 Å². The summed E-state index contributed by atoms with van der Waals surface area (Å²) < 4.78 is 5.46. The van der Waals surface area contributed by atoms with Crippen molar-refractivity contribution in [3.05, 3.63) is 0 Å². The number of unbranched alkanes of at least 4 members (excludes halogenated alkanes) is 9. The zero-order chi connectivity index (χ0) is 15.1. The van der Waals surface area contributed by atoms with Gasteiger partial charge in [-0.2, -0.15) is 0 Å². The van der Waals surface area contributed by atoms with Gasteiger partial charge in [-0.1, -0.05) is 71.6 Å². The third-order valence-electron chi connectivity index (χ3n) is 3.76. The van der Waals surface area contributed by atoms with Crippen LogP contribution < -0.4 is 0 Å². The molecular weight excluding hydrogens is 252 g/mol. The molecule has 3 nitrogen and oxygen atoms in total. The minimum atomic E-state index is -0.729. The summed E-state index contributed by atoms with van der Waals surface area (Å²) in [6.45, 7) is 5.34. The van der Waals surface area contributed by atoms with Crippen LogP contribution in [-0.4, -0.2) is 24.3 Å². The van der Waals surface area contributed by atoms with E-state index in [9.17, 15) is 4.79 Å². The summed E-state index contributed by atoms with van der Waals surface area (Å²) in [4.78, 5) is 10.6. The molecule has 0 aromatic heterocycles. The Kier molecular flexibility index (Phi) is 14.4. The number of carbonyl (C=O) groups is 1. The van der Waals surface area contributed by atoms with Crippen molar-refractivity contribution in [1.82, 2.24) is 0 Å². The van der Waals surface area contributed by atoms with Gasteiger partial charge in [-0.3, -0.25) is 4.79 Å². The second-order valence-electron chi connectivity index (χ2n) is 5.82. The van der Waals surface area contributed by atoms with Crippen LogP contribution >= 0.6 is 0 Å². The predicted molar refractivity (Wildman–Crippen MR) is 84.1 cm³/mol. The molecule has 20 heavy (non-hydrogen) atoms. The van der Waals surface area contributed by atoms with E-state index in [-0.39, 0.29) is 5.92 Å². The molecule has 0 rings (SSSR count). The van der Waals surface area contributed by atoms with Gasteiger partial charge in [-0.05, 0) is 12.8 Å². The molecule has 0 bridgehead atoms. The minimum Gasteiger partial charge on any atom is -0.481 e. The third-order valence-corrected chi connectivity index (χ3v) is 3.76. The molecule has 0 spiro atoms. The van der Waals surface area contributed by atoms with Crippen LogP contribution in [0, 0.1) is 5.92 Å². The van der Waals surface area contributed by atoms with E-state index >= 15 is 0 Å². The van der Waals surface area contributed by atoms with Crippen LogP contribution in [-0.2, 0) is 9.53 Å². The number of ether oxygens (including phenoxy) is 1. The lowest BCUT2D eigenvalue weighted by Crippen LogP contribution is -2.12. The number of aliphatic carboxylic acids is 1. The molecular formula is C17H34O3. The summed E-state index contributed by atoms with van der Waals surface area (Å²) in [6.07, 6.45) is 13.9. The van der Waals surface area contributed by atoms with Crippen LogP contribution in [0.25, 0.3) is 0 Å². The molecule has 1 N–H and O–H groups in total. The molecule has 0 aliphatic carbocycles. The maximum absolute atomic E-state index is 10.6. The molecule has 0 aromatic rings. The first-order chi connectivity index (χ1) is 9.68. The van der Waals surface area contributed by atoms with Crippen LogP contribution in [0.15, 0.2) is 0 Å². The van der Waals surface area contributed by atoms with Crippen molar-refractivity contribution >= 4 is 5.97 Å². The van der Waals surface area contributed by atoms with Gasteiger partial charge in [-0.25, -0.2) is 0 Å². The second-order valence-corrected chi connectivity index (χ2v) is 5.82. The van der Waals surface area contributed by atoms with Gasteiger partial charge >= 0.3 is 5.97 Å². The molecule has 0 saturated heterocycles. The molecule has 0 amide bonds. The highest BCUT2D eigenvalue weighted by molar-refractivity contribution is 5.69. The number of hydrogen-bond acceptors (Lipinski definition) is 2. The quantitative estimate of drug-likeness (QED) is 0.429. The van der Waals surface area contributed by atoms with Crippen molar-refractivity contribution in [2.24, 2.45) is 5.92 Å². The lowest BCUT2D eigenvalue weighted by molar-refractivity contribution is -0.141. The highest BCUT2D eigenvalue weighted by atomic mass is 16.5. The van der Waals surface area contributed by atoms with Gasteiger partial charge in [0.1, 0.15) is 0 Å². The molecule has 120 valence electrons. The van der Waals surface area contributed by atoms with Gasteiger partial charge in [0.15, 0.2) is 0 Å². The summed E-state index contributed by atoms with van der Waals surface area (Å²) in [5.74, 6) is -1.02. The van der Waals surface area contributed by atoms with Crippen molar-refractivity contribution in [1.29, 1.82) is 0 Å². The highest BCUT2D eigenvalue weighted by Crippen LogP contribution is 2.10. The number of carboxylic acids is 1. The van der Waals surface area contributed by atoms with Crippen molar-refractivity contribution < 1.29 is 14.6 Å². The average Bonchev–Trinajstić information content (AvgIpc) is 2.43. The van der Waals surface area contributed by atoms with Crippen LogP contribution in [0.4, 0.5) is 0 Å². The molecule has 0 aromatic carbocycles. The first-order valence-electron chi connectivity index (χ1n) is 8.49. The van der Waals surface area contributed by atoms with Gasteiger partial charge in [0, 0.05) is 13.2 Å². The van der Waals surface area contributed by atoms with E-state index in [0.29, 0.717) is 13.0 Å². The van der Waals surface area contributed by atoms with E-state index in [2.05, 4.69) is 6.92 Å². The molecule has 0 aliphatic heterocycles. The van der Waals surface area contributed by atoms with Crippen LogP contribution in [0.5, 0.6) is 0 Å². The summed E-state index contributed by atoms with van der Waals surface area (Å²) in [6, 6.07) is 0. The monoisotopic (exact) mass is 286 g/mol. The zero-order valence-electron chi connectivity index (χ0n) is 13.5. The van der Waals surface area contributed by atoms with Gasteiger partial charge in [-0.15, -0.1) is 0 Å². The van der Waals surface area contributed by atoms with Crippen molar-refractivity contribution in [2.75, 3.05) is 13.2 Å². The summed E-state index contributed by atoms with van der Waals surface area (Å²) >= 11 is 0. The van der Waals surface area contributed by atoms with Crippen LogP contribution in [0.2, 0.25) is 0 Å². The van der Waals surface area contributed by atoms with Gasteiger partial charge < -0.3 is 9.84 Å². The van der Waals surface area contributed by atoms with E-state index in [1.165, 1.54) is 57.8 Å². The lowest BCUT2D eigenvalue weighted by atomic mass is 10.1. The molecule has 1 unspecified atom stereocenters. The molecule has 0 saturated carbocycles. The van der Waals surface area contributed by atoms with E-state index in [4.69, 9.17) is 9.84 Å². The third kappa shape index (κ3) is 13.9. The molecule has 0 aliphatic rings. The van der Waals surface area contributed by atoms with Gasteiger partial charge in [0.25, 0.3) is 0 Å². The Morgan fingerprint density at radius 1 is 0.900 bits per heavy atom. The maximum atomic E-state index is 10.6. The lowest BCUT2D eigenvalue weighted by Gasteiger charge is -2.07. The maximum Gasteiger partial charge on any atom is 0.306 e. The summed E-state index contributed by atoms with van der Waals surface area (Å²) in [7, 11) is 0. The van der Waals surface area contributed by atoms with Crippen molar-refractivity contribution in [3.8, 4) is 0 Å². The predicted octanol–water partition coefficient (Wildman–Crippen LogP) is 5.03. The SMILES string of the molecule is CCCCCCCCCCCCOCCC(C)C(=O)O. The minimum absolute atomic E-state index is 0.289. The van der Waals surface area contributed by atoms with E-state index in [1.54, 1.807) is 6.92 Å².